The summed E-state index contributed by atoms with van der Waals surface area (Å²) >= 11 is 0. The lowest BCUT2D eigenvalue weighted by molar-refractivity contribution is 0.979. The van der Waals surface area contributed by atoms with Crippen molar-refractivity contribution >= 4 is 224 Å². The molecule has 0 N–H and O–H groups in total. The molecule has 12 heteroatoms. The van der Waals surface area contributed by atoms with Crippen LogP contribution in [0.3, 0.4) is 0 Å². The van der Waals surface area contributed by atoms with Crippen molar-refractivity contribution in [2.45, 2.75) is 0 Å². The molecule has 0 unspecified atom stereocenters. The van der Waals surface area contributed by atoms with Crippen molar-refractivity contribution in [2.75, 3.05) is 0 Å². The van der Waals surface area contributed by atoms with Crippen LogP contribution >= 0.6 is 0 Å². The Morgan fingerprint density at radius 1 is 0.134 bits per heavy atom. The summed E-state index contributed by atoms with van der Waals surface area (Å²) in [5.74, 6) is 2.50. The van der Waals surface area contributed by atoms with Crippen LogP contribution in [0.4, 0.5) is 0 Å². The third-order valence-corrected chi connectivity index (χ3v) is 29.4. The molecule has 12 nitrogen and oxygen atoms in total. The maximum absolute atomic E-state index is 5.39. The number of hydrogen-bond acceptors (Lipinski definition) is 6. The molecule has 0 saturated carbocycles. The Morgan fingerprint density at radius 3 is 0.739 bits per heavy atom. The van der Waals surface area contributed by atoms with Crippen molar-refractivity contribution in [1.82, 2.24) is 56.8 Å². The Labute approximate surface area is 810 Å². The highest BCUT2D eigenvalue weighted by molar-refractivity contribution is 6.26. The molecule has 32 aromatic rings. The van der Waals surface area contributed by atoms with Crippen molar-refractivity contribution < 1.29 is 0 Å². The first-order valence-electron chi connectivity index (χ1n) is 48.3. The van der Waals surface area contributed by atoms with Gasteiger partial charge in [-0.05, 0) is 272 Å². The fourth-order valence-corrected chi connectivity index (χ4v) is 22.8. The van der Waals surface area contributed by atoms with Crippen LogP contribution in [-0.2, 0) is 0 Å². The average molecular weight is 1810 g/mol. The first-order chi connectivity index (χ1) is 70.4. The van der Waals surface area contributed by atoms with Gasteiger partial charge in [0.1, 0.15) is 16.9 Å². The van der Waals surface area contributed by atoms with Gasteiger partial charge in [-0.2, -0.15) is 0 Å². The third-order valence-electron chi connectivity index (χ3n) is 29.4. The summed E-state index contributed by atoms with van der Waals surface area (Å²) in [7, 11) is 0. The zero-order valence-electron chi connectivity index (χ0n) is 76.4. The second-order valence-electron chi connectivity index (χ2n) is 37.2. The minimum atomic E-state index is 0.827. The van der Waals surface area contributed by atoms with E-state index in [1.165, 1.54) is 152 Å². The molecular formula is C130H78N12. The lowest BCUT2D eigenvalue weighted by atomic mass is 9.96. The van der Waals surface area contributed by atoms with Gasteiger partial charge in [0.05, 0.1) is 82.8 Å². The Balaban J connectivity index is 0.000000100. The maximum Gasteiger partial charge on any atom is 0.221 e. The van der Waals surface area contributed by atoms with Crippen LogP contribution in [0.15, 0.2) is 473 Å². The topological polar surface area (TPSA) is 105 Å². The van der Waals surface area contributed by atoms with E-state index in [0.29, 0.717) is 0 Å². The lowest BCUT2D eigenvalue weighted by Crippen LogP contribution is -2.06. The quantitative estimate of drug-likeness (QED) is 0.157. The van der Waals surface area contributed by atoms with Crippen molar-refractivity contribution in [3.05, 3.63) is 473 Å². The highest BCUT2D eigenvalue weighted by Crippen LogP contribution is 2.47. The molecule has 0 bridgehead atoms. The first kappa shape index (κ1) is 79.0. The maximum atomic E-state index is 5.39. The van der Waals surface area contributed by atoms with Gasteiger partial charge in [-0.3, -0.25) is 26.9 Å². The monoisotopic (exact) mass is 1810 g/mol. The number of benzene rings is 23. The molecule has 23 aromatic carbocycles. The summed E-state index contributed by atoms with van der Waals surface area (Å²) in [5.41, 5.74) is 27.8. The van der Waals surface area contributed by atoms with Crippen molar-refractivity contribution in [3.63, 3.8) is 0 Å². The lowest BCUT2D eigenvalue weighted by Gasteiger charge is -2.13. The van der Waals surface area contributed by atoms with Crippen molar-refractivity contribution in [2.24, 2.45) is 0 Å². The van der Waals surface area contributed by atoms with Gasteiger partial charge in [0, 0.05) is 48.5 Å². The number of rotatable bonds is 7. The fourth-order valence-electron chi connectivity index (χ4n) is 22.8. The number of imidazole rings is 3. The summed E-state index contributed by atoms with van der Waals surface area (Å²) in [5, 5.41) is 27.7. The van der Waals surface area contributed by atoms with Crippen LogP contribution in [0.1, 0.15) is 0 Å². The first-order valence-corrected chi connectivity index (χ1v) is 48.3. The smallest absolute Gasteiger partial charge is 0.221 e. The van der Waals surface area contributed by atoms with E-state index < -0.39 is 0 Å². The molecule has 9 heterocycles. The summed E-state index contributed by atoms with van der Waals surface area (Å²) < 4.78 is 13.7. The summed E-state index contributed by atoms with van der Waals surface area (Å²) in [6, 6.07) is 169. The van der Waals surface area contributed by atoms with Crippen LogP contribution in [0.5, 0.6) is 0 Å². The minimum absolute atomic E-state index is 0.827. The molecule has 0 radical (unpaired) electrons. The fraction of sp³-hybridized carbons (Fsp3) is 0. The Bertz CT molecular complexity index is 11000. The zero-order valence-corrected chi connectivity index (χ0v) is 76.4. The largest absolute Gasteiger partial charge is 0.279 e. The molecule has 0 saturated heterocycles. The van der Waals surface area contributed by atoms with Gasteiger partial charge < -0.3 is 0 Å². The molecule has 0 spiro atoms. The van der Waals surface area contributed by atoms with Gasteiger partial charge in [0.25, 0.3) is 0 Å². The van der Waals surface area contributed by atoms with E-state index in [9.17, 15) is 0 Å². The van der Waals surface area contributed by atoms with Gasteiger partial charge in [0.2, 0.25) is 17.8 Å². The van der Waals surface area contributed by atoms with Gasteiger partial charge in [-0.1, -0.05) is 322 Å². The number of nitrogens with zero attached hydrogens (tertiary/aromatic N) is 12. The van der Waals surface area contributed by atoms with E-state index in [1.807, 2.05) is 24.3 Å². The van der Waals surface area contributed by atoms with E-state index in [-0.39, 0.29) is 0 Å². The summed E-state index contributed by atoms with van der Waals surface area (Å²) in [6.45, 7) is 0. The highest BCUT2D eigenvalue weighted by Gasteiger charge is 2.28. The van der Waals surface area contributed by atoms with E-state index in [0.717, 1.165) is 134 Å². The van der Waals surface area contributed by atoms with Crippen molar-refractivity contribution in [1.29, 1.82) is 0 Å². The summed E-state index contributed by atoms with van der Waals surface area (Å²) in [4.78, 5) is 31.5. The van der Waals surface area contributed by atoms with Crippen LogP contribution in [0.25, 0.3) is 286 Å². The van der Waals surface area contributed by atoms with Gasteiger partial charge in [0.15, 0.2) is 0 Å². The van der Waals surface area contributed by atoms with Gasteiger partial charge in [-0.25, -0.2) is 29.9 Å². The van der Waals surface area contributed by atoms with Crippen LogP contribution in [0, 0.1) is 0 Å². The highest BCUT2D eigenvalue weighted by atomic mass is 15.3. The minimum Gasteiger partial charge on any atom is -0.279 e. The normalized spacial score (nSPS) is 12.1. The number of hydrogen-bond donors (Lipinski definition) is 0. The molecule has 32 rings (SSSR count). The van der Waals surface area contributed by atoms with Gasteiger partial charge in [-0.15, -0.1) is 0 Å². The number of para-hydroxylation sites is 9. The summed E-state index contributed by atoms with van der Waals surface area (Å²) in [6.07, 6.45) is 0. The van der Waals surface area contributed by atoms with E-state index in [1.54, 1.807) is 0 Å². The Morgan fingerprint density at radius 2 is 0.373 bits per heavy atom. The third kappa shape index (κ3) is 12.2. The van der Waals surface area contributed by atoms with E-state index in [4.69, 9.17) is 29.9 Å². The second-order valence-corrected chi connectivity index (χ2v) is 37.2. The Kier molecular flexibility index (Phi) is 17.3. The molecule has 0 fully saturated rings. The molecule has 658 valence electrons. The number of aromatic nitrogens is 12. The van der Waals surface area contributed by atoms with Crippen LogP contribution < -0.4 is 0 Å². The molecule has 142 heavy (non-hydrogen) atoms. The SMILES string of the molecule is c1ccc2c(-c3ccc4c(c3)c3c5ccccc5ccc3n4-c3nc4ccccc4c4nc5ccccc5n34)cccc2c1.c1ccc2cc(-c3ccc4c(c3)c3c5ccccc5ccc3n4-c3nc4ccccc4c4nc5ccccc5n34)ccc2c1.c1ccc2cc(-c3ccc4cc(-c5ccc6c(c5)c5c7ccccc7ccc5n6-c5nc6ccccc6c6nc7ccccc7n56)ccc4c3)ccc2c1. The van der Waals surface area contributed by atoms with Crippen molar-refractivity contribution in [3.8, 4) is 62.4 Å². The molecule has 0 aliphatic heterocycles. The van der Waals surface area contributed by atoms with Crippen LogP contribution in [0.2, 0.25) is 0 Å². The average Bonchev–Trinajstić information content (AvgIpc) is 1.56. The van der Waals surface area contributed by atoms with E-state index >= 15 is 0 Å². The molecule has 0 aliphatic carbocycles. The predicted molar refractivity (Wildman–Crippen MR) is 591 cm³/mol. The Hall–Kier alpha value is -19.3. The van der Waals surface area contributed by atoms with E-state index in [2.05, 4.69) is 476 Å². The molecular weight excluding hydrogens is 1730 g/mol. The zero-order chi connectivity index (χ0) is 92.9. The molecule has 0 atom stereocenters. The molecule has 0 amide bonds. The van der Waals surface area contributed by atoms with Crippen LogP contribution in [-0.4, -0.2) is 56.8 Å². The second kappa shape index (κ2) is 31.1. The number of fused-ring (bicyclic) bond motifs is 34. The standard InChI is InChI=1S/C50H30N4.2C40H24N4/c1-2-11-33-27-34(18-17-31(33)9-1)35-19-20-37-29-38(22-21-36(37)28-35)39-24-25-45-42(30-39)48-40-12-4-3-10-32(40)23-26-47(48)53(45)50-52-43-14-6-5-13-41(43)49-51-44-15-7-8-16-46(44)54(49)50;1-3-13-28-25(10-1)12-9-16-29(28)27-21-22-35-32(24-27)38-30-14-4-2-11-26(30)20-23-37(38)43(35)40-42-33-17-6-5-15-31(33)39-41-34-18-7-8-19-36(34)44(39)40;1-2-11-27-23-28(18-17-25(27)9-1)29-20-21-35-32(24-29)38-30-12-4-3-10-26(30)19-22-37(38)43(35)40-42-33-14-6-5-13-31(33)39-41-34-15-7-8-16-36(34)44(39)40/h1-30H;2*1-24H. The predicted octanol–water partition coefficient (Wildman–Crippen LogP) is 33.1. The molecule has 9 aromatic heterocycles. The van der Waals surface area contributed by atoms with Gasteiger partial charge >= 0.3 is 0 Å². The molecule has 0 aliphatic rings.